The number of aromatic nitrogens is 3. The second-order valence-corrected chi connectivity index (χ2v) is 5.24. The molecule has 0 spiro atoms. The van der Waals surface area contributed by atoms with Gasteiger partial charge in [-0.2, -0.15) is 4.98 Å². The number of imidazole rings is 1. The van der Waals surface area contributed by atoms with Crippen LogP contribution in [-0.2, 0) is 0 Å². The summed E-state index contributed by atoms with van der Waals surface area (Å²) in [5, 5.41) is 0. The highest BCUT2D eigenvalue weighted by atomic mass is 16.5. The largest absolute Gasteiger partial charge is 0.481 e. The van der Waals surface area contributed by atoms with E-state index >= 15 is 0 Å². The lowest BCUT2D eigenvalue weighted by atomic mass is 10.2. The molecule has 1 fully saturated rings. The number of pyridine rings is 1. The van der Waals surface area contributed by atoms with Gasteiger partial charge in [-0.1, -0.05) is 13.8 Å². The number of nitrogens with two attached hydrogens (primary N) is 1. The number of hydrogen-bond donors (Lipinski definition) is 1. The van der Waals surface area contributed by atoms with Crippen LogP contribution in [0.3, 0.4) is 0 Å². The van der Waals surface area contributed by atoms with Crippen molar-refractivity contribution in [2.75, 3.05) is 12.8 Å². The minimum absolute atomic E-state index is 0.284. The second kappa shape index (κ2) is 3.12. The topological polar surface area (TPSA) is 66.0 Å². The zero-order chi connectivity index (χ0) is 12.2. The molecule has 90 valence electrons. The zero-order valence-electron chi connectivity index (χ0n) is 10.3. The number of rotatable bonds is 2. The van der Waals surface area contributed by atoms with Crippen molar-refractivity contribution in [1.29, 1.82) is 0 Å². The van der Waals surface area contributed by atoms with E-state index in [1.807, 2.05) is 10.6 Å². The number of hydrogen-bond acceptors (Lipinski definition) is 4. The molecule has 2 aromatic heterocycles. The average Bonchev–Trinajstić information content (AvgIpc) is 2.77. The Kier molecular flexibility index (Phi) is 1.91. The van der Waals surface area contributed by atoms with Crippen molar-refractivity contribution in [2.24, 2.45) is 5.41 Å². The molecule has 5 nitrogen and oxygen atoms in total. The van der Waals surface area contributed by atoms with Crippen LogP contribution in [0.15, 0.2) is 12.1 Å². The van der Waals surface area contributed by atoms with Crippen LogP contribution in [0, 0.1) is 5.41 Å². The predicted octanol–water partition coefficient (Wildman–Crippen LogP) is 1.99. The van der Waals surface area contributed by atoms with E-state index in [-0.39, 0.29) is 5.41 Å². The molecule has 3 rings (SSSR count). The number of methoxy groups -OCH3 is 1. The Morgan fingerprint density at radius 1 is 1.41 bits per heavy atom. The molecule has 1 unspecified atom stereocenters. The van der Waals surface area contributed by atoms with Crippen LogP contribution in [0.25, 0.3) is 11.2 Å². The third-order valence-corrected chi connectivity index (χ3v) is 3.52. The maximum atomic E-state index is 5.98. The van der Waals surface area contributed by atoms with Crippen LogP contribution in [0.2, 0.25) is 0 Å². The van der Waals surface area contributed by atoms with Crippen LogP contribution >= 0.6 is 0 Å². The molecular formula is C12H16N4O. The summed E-state index contributed by atoms with van der Waals surface area (Å²) < 4.78 is 7.17. The quantitative estimate of drug-likeness (QED) is 0.860. The molecule has 0 amide bonds. The molecule has 1 saturated carbocycles. The zero-order valence-corrected chi connectivity index (χ0v) is 10.3. The van der Waals surface area contributed by atoms with Crippen LogP contribution in [0.1, 0.15) is 26.3 Å². The fourth-order valence-corrected chi connectivity index (χ4v) is 2.28. The summed E-state index contributed by atoms with van der Waals surface area (Å²) in [4.78, 5) is 8.78. The van der Waals surface area contributed by atoms with Crippen LogP contribution in [0.5, 0.6) is 5.88 Å². The Balaban J connectivity index is 2.19. The molecule has 0 saturated heterocycles. The molecule has 17 heavy (non-hydrogen) atoms. The molecular weight excluding hydrogens is 216 g/mol. The summed E-state index contributed by atoms with van der Waals surface area (Å²) in [6, 6.07) is 4.09. The smallest absolute Gasteiger partial charge is 0.215 e. The third-order valence-electron chi connectivity index (χ3n) is 3.52. The third kappa shape index (κ3) is 1.45. The van der Waals surface area contributed by atoms with E-state index in [1.54, 1.807) is 13.2 Å². The molecule has 0 aliphatic heterocycles. The van der Waals surface area contributed by atoms with Gasteiger partial charge in [0, 0.05) is 12.1 Å². The van der Waals surface area contributed by atoms with Gasteiger partial charge in [0.15, 0.2) is 5.65 Å². The molecule has 1 aliphatic rings. The maximum absolute atomic E-state index is 5.98. The lowest BCUT2D eigenvalue weighted by Gasteiger charge is -2.08. The van der Waals surface area contributed by atoms with Crippen molar-refractivity contribution in [2.45, 2.75) is 26.3 Å². The molecule has 2 heterocycles. The minimum atomic E-state index is 0.284. The Morgan fingerprint density at radius 3 is 2.71 bits per heavy atom. The monoisotopic (exact) mass is 232 g/mol. The van der Waals surface area contributed by atoms with Crippen LogP contribution in [0.4, 0.5) is 5.95 Å². The highest BCUT2D eigenvalue weighted by Gasteiger charge is 2.48. The van der Waals surface area contributed by atoms with Gasteiger partial charge >= 0.3 is 0 Å². The predicted molar refractivity (Wildman–Crippen MR) is 65.9 cm³/mol. The molecule has 1 aliphatic carbocycles. The first-order valence-electron chi connectivity index (χ1n) is 5.71. The number of anilines is 1. The van der Waals surface area contributed by atoms with E-state index in [2.05, 4.69) is 23.8 Å². The van der Waals surface area contributed by atoms with Crippen molar-refractivity contribution in [3.8, 4) is 5.88 Å². The number of ether oxygens (including phenoxy) is 1. The Bertz CT molecular complexity index is 587. The number of nitrogens with zero attached hydrogens (tertiary/aromatic N) is 3. The number of nitrogen functional groups attached to an aromatic ring is 1. The first-order chi connectivity index (χ1) is 8.03. The van der Waals surface area contributed by atoms with Gasteiger partial charge in [0.2, 0.25) is 11.8 Å². The van der Waals surface area contributed by atoms with Crippen molar-refractivity contribution in [3.05, 3.63) is 12.1 Å². The van der Waals surface area contributed by atoms with Crippen LogP contribution < -0.4 is 10.5 Å². The Morgan fingerprint density at radius 2 is 2.12 bits per heavy atom. The summed E-state index contributed by atoms with van der Waals surface area (Å²) in [5.74, 6) is 1.13. The first kappa shape index (κ1) is 10.4. The van der Waals surface area contributed by atoms with Gasteiger partial charge in [-0.15, -0.1) is 0 Å². The molecule has 1 atom stereocenters. The molecule has 0 aromatic carbocycles. The lowest BCUT2D eigenvalue weighted by Crippen LogP contribution is -2.05. The Hall–Kier alpha value is -1.78. The highest BCUT2D eigenvalue weighted by molar-refractivity contribution is 5.75. The van der Waals surface area contributed by atoms with E-state index < -0.39 is 0 Å². The minimum Gasteiger partial charge on any atom is -0.481 e. The van der Waals surface area contributed by atoms with E-state index in [4.69, 9.17) is 10.5 Å². The summed E-state index contributed by atoms with van der Waals surface area (Å²) in [6.45, 7) is 4.45. The van der Waals surface area contributed by atoms with Gasteiger partial charge in [0.1, 0.15) is 5.52 Å². The first-order valence-corrected chi connectivity index (χ1v) is 5.71. The van der Waals surface area contributed by atoms with Crippen molar-refractivity contribution in [1.82, 2.24) is 14.5 Å². The number of fused-ring (bicyclic) bond motifs is 1. The van der Waals surface area contributed by atoms with Crippen molar-refractivity contribution < 1.29 is 4.74 Å². The van der Waals surface area contributed by atoms with Gasteiger partial charge in [-0.05, 0) is 17.9 Å². The van der Waals surface area contributed by atoms with Gasteiger partial charge in [0.05, 0.1) is 7.11 Å². The fraction of sp³-hybridized carbons (Fsp3) is 0.500. The summed E-state index contributed by atoms with van der Waals surface area (Å²) >= 11 is 0. The Labute approximate surface area is 99.6 Å². The van der Waals surface area contributed by atoms with E-state index in [0.29, 0.717) is 17.9 Å². The van der Waals surface area contributed by atoms with Gasteiger partial charge in [0.25, 0.3) is 0 Å². The summed E-state index contributed by atoms with van der Waals surface area (Å²) in [7, 11) is 1.61. The second-order valence-electron chi connectivity index (χ2n) is 5.24. The van der Waals surface area contributed by atoms with E-state index in [1.165, 1.54) is 0 Å². The molecule has 2 aromatic rings. The van der Waals surface area contributed by atoms with E-state index in [9.17, 15) is 0 Å². The molecule has 2 N–H and O–H groups in total. The standard InChI is InChI=1S/C12H16N4O/c1-12(2)6-8(12)16-10-7(14-11(16)13)4-5-9(15-10)17-3/h4-5,8H,6H2,1-3H3,(H2,13,14). The van der Waals surface area contributed by atoms with Crippen LogP contribution in [-0.4, -0.2) is 21.6 Å². The molecule has 0 bridgehead atoms. The lowest BCUT2D eigenvalue weighted by molar-refractivity contribution is 0.398. The normalized spacial score (nSPS) is 21.7. The fourth-order valence-electron chi connectivity index (χ4n) is 2.28. The van der Waals surface area contributed by atoms with Crippen molar-refractivity contribution in [3.63, 3.8) is 0 Å². The van der Waals surface area contributed by atoms with Crippen molar-refractivity contribution >= 4 is 17.1 Å². The van der Waals surface area contributed by atoms with Gasteiger partial charge < -0.3 is 10.5 Å². The SMILES string of the molecule is COc1ccc2nc(N)n(C3CC3(C)C)c2n1. The molecule has 0 radical (unpaired) electrons. The van der Waals surface area contributed by atoms with Gasteiger partial charge in [-0.25, -0.2) is 4.98 Å². The summed E-state index contributed by atoms with van der Waals surface area (Å²) in [6.07, 6.45) is 1.11. The molecule has 5 heteroatoms. The average molecular weight is 232 g/mol. The maximum Gasteiger partial charge on any atom is 0.215 e. The highest BCUT2D eigenvalue weighted by Crippen LogP contribution is 2.56. The van der Waals surface area contributed by atoms with E-state index in [0.717, 1.165) is 17.6 Å². The summed E-state index contributed by atoms with van der Waals surface area (Å²) in [5.41, 5.74) is 7.90. The van der Waals surface area contributed by atoms with Gasteiger partial charge in [-0.3, -0.25) is 4.57 Å².